The van der Waals surface area contributed by atoms with Gasteiger partial charge in [0.15, 0.2) is 0 Å². The second kappa shape index (κ2) is 6.89. The Balaban J connectivity index is 2.27. The van der Waals surface area contributed by atoms with Gasteiger partial charge in [0.2, 0.25) is 5.91 Å². The predicted octanol–water partition coefficient (Wildman–Crippen LogP) is 0.992. The molecular weight excluding hydrogens is 296 g/mol. The van der Waals surface area contributed by atoms with E-state index in [1.54, 1.807) is 31.3 Å². The number of aliphatic carboxylic acids is 1. The summed E-state index contributed by atoms with van der Waals surface area (Å²) in [7, 11) is 1.75. The number of benzene rings is 1. The molecule has 0 bridgehead atoms. The van der Waals surface area contributed by atoms with Crippen LogP contribution in [0.5, 0.6) is 0 Å². The Kier molecular flexibility index (Phi) is 5.17. The first-order valence-corrected chi connectivity index (χ1v) is 6.94. The van der Waals surface area contributed by atoms with Crippen LogP contribution in [0.3, 0.4) is 0 Å². The van der Waals surface area contributed by atoms with E-state index >= 15 is 0 Å². The first-order valence-electron chi connectivity index (χ1n) is 6.56. The average Bonchev–Trinajstić information content (AvgIpc) is 2.92. The van der Waals surface area contributed by atoms with Gasteiger partial charge < -0.3 is 20.1 Å². The summed E-state index contributed by atoms with van der Waals surface area (Å²) in [6, 6.07) is 6.47. The summed E-state index contributed by atoms with van der Waals surface area (Å²) >= 11 is 5.92. The molecule has 0 saturated carbocycles. The van der Waals surface area contributed by atoms with Crippen molar-refractivity contribution in [3.63, 3.8) is 0 Å². The van der Waals surface area contributed by atoms with Gasteiger partial charge in [0.05, 0.1) is 19.1 Å². The molecular formula is C14H17ClN2O4. The molecule has 1 heterocycles. The van der Waals surface area contributed by atoms with Gasteiger partial charge in [-0.15, -0.1) is 0 Å². The number of likely N-dealkylation sites (N-methyl/N-ethyl adjacent to an activating group) is 1. The van der Waals surface area contributed by atoms with Gasteiger partial charge in [-0.2, -0.15) is 0 Å². The lowest BCUT2D eigenvalue weighted by atomic mass is 10.0. The Morgan fingerprint density at radius 3 is 2.86 bits per heavy atom. The Bertz CT molecular complexity index is 537. The summed E-state index contributed by atoms with van der Waals surface area (Å²) < 4.78 is 5.31. The maximum Gasteiger partial charge on any atom is 0.323 e. The molecule has 1 aromatic carbocycles. The number of carboxylic acids is 1. The zero-order valence-corrected chi connectivity index (χ0v) is 12.3. The van der Waals surface area contributed by atoms with Gasteiger partial charge in [-0.3, -0.25) is 9.59 Å². The van der Waals surface area contributed by atoms with Gasteiger partial charge in [-0.1, -0.05) is 17.7 Å². The van der Waals surface area contributed by atoms with Crippen LogP contribution in [0.2, 0.25) is 5.02 Å². The molecule has 1 aromatic rings. The molecule has 0 aliphatic carbocycles. The molecule has 7 heteroatoms. The fourth-order valence-electron chi connectivity index (χ4n) is 2.36. The number of ether oxygens (including phenoxy) is 1. The summed E-state index contributed by atoms with van der Waals surface area (Å²) in [6.07, 6.45) is 0. The fraction of sp³-hybridized carbons (Fsp3) is 0.429. The molecule has 1 aliphatic rings. The van der Waals surface area contributed by atoms with E-state index in [1.165, 1.54) is 4.90 Å². The normalized spacial score (nSPS) is 21.2. The third kappa shape index (κ3) is 3.72. The third-order valence-corrected chi connectivity index (χ3v) is 3.68. The van der Waals surface area contributed by atoms with E-state index in [9.17, 15) is 9.59 Å². The maximum atomic E-state index is 12.7. The van der Waals surface area contributed by atoms with Crippen LogP contribution < -0.4 is 10.2 Å². The second-order valence-corrected chi connectivity index (χ2v) is 5.27. The van der Waals surface area contributed by atoms with E-state index in [0.29, 0.717) is 17.3 Å². The number of halogens is 1. The molecule has 1 aliphatic heterocycles. The van der Waals surface area contributed by atoms with Crippen LogP contribution in [0.1, 0.15) is 0 Å². The number of amides is 1. The molecule has 1 fully saturated rings. The van der Waals surface area contributed by atoms with Crippen molar-refractivity contribution < 1.29 is 19.4 Å². The zero-order valence-electron chi connectivity index (χ0n) is 11.6. The third-order valence-electron chi connectivity index (χ3n) is 3.45. The first-order chi connectivity index (χ1) is 10.0. The van der Waals surface area contributed by atoms with E-state index in [0.717, 1.165) is 0 Å². The highest BCUT2D eigenvalue weighted by molar-refractivity contribution is 6.31. The number of nitrogens with one attached hydrogen (secondary N) is 1. The number of carbonyl (C=O) groups excluding carboxylic acids is 1. The van der Waals surface area contributed by atoms with E-state index in [-0.39, 0.29) is 18.6 Å². The van der Waals surface area contributed by atoms with Gasteiger partial charge in [-0.25, -0.2) is 0 Å². The highest BCUT2D eigenvalue weighted by Gasteiger charge is 2.36. The van der Waals surface area contributed by atoms with E-state index in [1.807, 2.05) is 0 Å². The zero-order chi connectivity index (χ0) is 15.4. The van der Waals surface area contributed by atoms with Crippen LogP contribution in [0, 0.1) is 5.92 Å². The summed E-state index contributed by atoms with van der Waals surface area (Å²) in [5.74, 6) is -1.77. The van der Waals surface area contributed by atoms with Crippen molar-refractivity contribution in [1.82, 2.24) is 5.32 Å². The molecule has 21 heavy (non-hydrogen) atoms. The average molecular weight is 313 g/mol. The summed E-state index contributed by atoms with van der Waals surface area (Å²) in [5.41, 5.74) is 0.469. The molecule has 2 rings (SSSR count). The smallest absolute Gasteiger partial charge is 0.323 e. The topological polar surface area (TPSA) is 78.9 Å². The first kappa shape index (κ1) is 15.8. The number of nitrogens with zero attached hydrogens (tertiary/aromatic N) is 1. The number of rotatable bonds is 5. The van der Waals surface area contributed by atoms with Gasteiger partial charge in [0.1, 0.15) is 6.54 Å². The van der Waals surface area contributed by atoms with Crippen LogP contribution >= 0.6 is 11.6 Å². The molecule has 2 unspecified atom stereocenters. The number of carbonyl (C=O) groups is 2. The quantitative estimate of drug-likeness (QED) is 0.848. The van der Waals surface area contributed by atoms with Crippen LogP contribution in [-0.4, -0.2) is 49.8 Å². The predicted molar refractivity (Wildman–Crippen MR) is 78.6 cm³/mol. The fourth-order valence-corrected chi connectivity index (χ4v) is 2.54. The van der Waals surface area contributed by atoms with Crippen molar-refractivity contribution in [2.45, 2.75) is 6.04 Å². The maximum absolute atomic E-state index is 12.7. The summed E-state index contributed by atoms with van der Waals surface area (Å²) in [6.45, 7) is 0.302. The van der Waals surface area contributed by atoms with E-state index < -0.39 is 18.4 Å². The van der Waals surface area contributed by atoms with Crippen molar-refractivity contribution in [2.24, 2.45) is 5.92 Å². The minimum Gasteiger partial charge on any atom is -0.480 e. The van der Waals surface area contributed by atoms with Gasteiger partial charge in [-0.05, 0) is 25.2 Å². The van der Waals surface area contributed by atoms with Crippen LogP contribution in [-0.2, 0) is 14.3 Å². The lowest BCUT2D eigenvalue weighted by molar-refractivity contribution is -0.137. The van der Waals surface area contributed by atoms with Crippen molar-refractivity contribution in [3.8, 4) is 0 Å². The Labute approximate surface area is 127 Å². The Hall–Kier alpha value is -1.63. The SMILES string of the molecule is CNC1COCC1C(=O)N(CC(=O)O)c1cccc(Cl)c1. The molecule has 1 amide bonds. The molecule has 0 aromatic heterocycles. The van der Waals surface area contributed by atoms with Crippen molar-refractivity contribution in [3.05, 3.63) is 29.3 Å². The number of hydrogen-bond donors (Lipinski definition) is 2. The molecule has 6 nitrogen and oxygen atoms in total. The number of carboxylic acid groups (broad SMARTS) is 1. The lowest BCUT2D eigenvalue weighted by Gasteiger charge is -2.26. The highest BCUT2D eigenvalue weighted by Crippen LogP contribution is 2.24. The molecule has 114 valence electrons. The largest absolute Gasteiger partial charge is 0.480 e. The minimum absolute atomic E-state index is 0.118. The summed E-state index contributed by atoms with van der Waals surface area (Å²) in [5, 5.41) is 12.5. The van der Waals surface area contributed by atoms with Crippen LogP contribution in [0.25, 0.3) is 0 Å². The van der Waals surface area contributed by atoms with E-state index in [4.69, 9.17) is 21.4 Å². The minimum atomic E-state index is -1.08. The summed E-state index contributed by atoms with van der Waals surface area (Å²) in [4.78, 5) is 25.0. The van der Waals surface area contributed by atoms with Crippen LogP contribution in [0.4, 0.5) is 5.69 Å². The lowest BCUT2D eigenvalue weighted by Crippen LogP contribution is -2.46. The van der Waals surface area contributed by atoms with Crippen molar-refractivity contribution >= 4 is 29.2 Å². The standard InChI is InChI=1S/C14H17ClN2O4/c1-16-12-8-21-7-11(12)14(20)17(6-13(18)19)10-4-2-3-9(15)5-10/h2-5,11-12,16H,6-8H2,1H3,(H,18,19). The number of anilines is 1. The van der Waals surface area contributed by atoms with Crippen LogP contribution in [0.15, 0.2) is 24.3 Å². The molecule has 2 atom stereocenters. The Morgan fingerprint density at radius 2 is 2.24 bits per heavy atom. The number of hydrogen-bond acceptors (Lipinski definition) is 4. The molecule has 0 radical (unpaired) electrons. The molecule has 1 saturated heterocycles. The van der Waals surface area contributed by atoms with Crippen molar-refractivity contribution in [2.75, 3.05) is 31.7 Å². The highest BCUT2D eigenvalue weighted by atomic mass is 35.5. The molecule has 2 N–H and O–H groups in total. The monoisotopic (exact) mass is 312 g/mol. The Morgan fingerprint density at radius 1 is 1.48 bits per heavy atom. The van der Waals surface area contributed by atoms with Gasteiger partial charge in [0, 0.05) is 16.8 Å². The van der Waals surface area contributed by atoms with E-state index in [2.05, 4.69) is 5.32 Å². The van der Waals surface area contributed by atoms with Gasteiger partial charge in [0.25, 0.3) is 0 Å². The van der Waals surface area contributed by atoms with Gasteiger partial charge >= 0.3 is 5.97 Å². The second-order valence-electron chi connectivity index (χ2n) is 4.84. The molecule has 0 spiro atoms. The van der Waals surface area contributed by atoms with Crippen molar-refractivity contribution in [1.29, 1.82) is 0 Å².